The van der Waals surface area contributed by atoms with Crippen molar-refractivity contribution in [1.29, 1.82) is 0 Å². The maximum absolute atomic E-state index is 12.7. The zero-order valence-electron chi connectivity index (χ0n) is 12.4. The minimum Gasteiger partial charge on any atom is -0.268 e. The average Bonchev–Trinajstić information content (AvgIpc) is 2.89. The third-order valence-corrected chi connectivity index (χ3v) is 4.90. The van der Waals surface area contributed by atoms with Gasteiger partial charge in [-0.2, -0.15) is 0 Å². The quantitative estimate of drug-likeness (QED) is 0.516. The second-order valence-electron chi connectivity index (χ2n) is 5.16. The van der Waals surface area contributed by atoms with Gasteiger partial charge in [-0.3, -0.25) is 19.7 Å². The number of thioether (sulfide) groups is 1. The lowest BCUT2D eigenvalue weighted by atomic mass is 10.1. The highest BCUT2D eigenvalue weighted by Gasteiger charge is 2.33. The van der Waals surface area contributed by atoms with Crippen LogP contribution in [0, 0.1) is 0 Å². The number of thiocarbonyl (C=S) groups is 1. The molecule has 2 aromatic carbocycles. The van der Waals surface area contributed by atoms with E-state index in [2.05, 4.69) is 9.97 Å². The number of benzene rings is 2. The van der Waals surface area contributed by atoms with Crippen LogP contribution in [0.1, 0.15) is 5.56 Å². The molecule has 1 aliphatic rings. The number of carbonyl (C=O) groups is 1. The molecule has 6 heteroatoms. The standard InChI is InChI=1S/C18H11N3OS2/c22-17-16(24-18(23)21(17)13-4-2-1-3-5-13)11-12-6-7-14-15(10-12)20-9-8-19-14/h1-11H. The molecule has 0 bridgehead atoms. The monoisotopic (exact) mass is 349 g/mol. The largest absolute Gasteiger partial charge is 0.270 e. The van der Waals surface area contributed by atoms with E-state index >= 15 is 0 Å². The molecule has 0 radical (unpaired) electrons. The summed E-state index contributed by atoms with van der Waals surface area (Å²) in [5.74, 6) is -0.101. The van der Waals surface area contributed by atoms with Gasteiger partial charge in [0.05, 0.1) is 21.6 Å². The Labute approximate surface area is 148 Å². The summed E-state index contributed by atoms with van der Waals surface area (Å²) in [6.45, 7) is 0. The summed E-state index contributed by atoms with van der Waals surface area (Å²) in [4.78, 5) is 23.4. The Kier molecular flexibility index (Phi) is 3.84. The van der Waals surface area contributed by atoms with Crippen molar-refractivity contribution in [3.8, 4) is 0 Å². The van der Waals surface area contributed by atoms with Gasteiger partial charge in [-0.1, -0.05) is 48.2 Å². The lowest BCUT2D eigenvalue weighted by molar-refractivity contribution is -0.113. The molecule has 1 aromatic heterocycles. The fraction of sp³-hybridized carbons (Fsp3) is 0. The molecule has 0 spiro atoms. The second kappa shape index (κ2) is 6.14. The van der Waals surface area contributed by atoms with Crippen molar-refractivity contribution in [2.24, 2.45) is 0 Å². The molecular weight excluding hydrogens is 338 g/mol. The van der Waals surface area contributed by atoms with Crippen molar-refractivity contribution in [3.63, 3.8) is 0 Å². The number of amides is 1. The van der Waals surface area contributed by atoms with E-state index in [0.717, 1.165) is 22.3 Å². The third kappa shape index (κ3) is 2.70. The minimum atomic E-state index is -0.101. The van der Waals surface area contributed by atoms with Crippen molar-refractivity contribution in [3.05, 3.63) is 71.4 Å². The van der Waals surface area contributed by atoms with Crippen molar-refractivity contribution < 1.29 is 4.79 Å². The van der Waals surface area contributed by atoms with Crippen LogP contribution < -0.4 is 4.90 Å². The Morgan fingerprint density at radius 3 is 2.54 bits per heavy atom. The van der Waals surface area contributed by atoms with Gasteiger partial charge in [-0.25, -0.2) is 0 Å². The molecule has 116 valence electrons. The summed E-state index contributed by atoms with van der Waals surface area (Å²) in [5, 5.41) is 0. The molecule has 4 rings (SSSR count). The van der Waals surface area contributed by atoms with E-state index in [1.165, 1.54) is 11.8 Å². The number of nitrogens with zero attached hydrogens (tertiary/aromatic N) is 3. The summed E-state index contributed by atoms with van der Waals surface area (Å²) in [6, 6.07) is 15.2. The van der Waals surface area contributed by atoms with Gasteiger partial charge >= 0.3 is 0 Å². The number of anilines is 1. The zero-order valence-corrected chi connectivity index (χ0v) is 14.1. The highest BCUT2D eigenvalue weighted by molar-refractivity contribution is 8.27. The van der Waals surface area contributed by atoms with E-state index in [-0.39, 0.29) is 5.91 Å². The normalized spacial score (nSPS) is 16.3. The maximum Gasteiger partial charge on any atom is 0.270 e. The van der Waals surface area contributed by atoms with E-state index in [1.54, 1.807) is 17.3 Å². The van der Waals surface area contributed by atoms with Crippen LogP contribution in [0.3, 0.4) is 0 Å². The summed E-state index contributed by atoms with van der Waals surface area (Å²) in [6.07, 6.45) is 5.16. The van der Waals surface area contributed by atoms with Crippen LogP contribution >= 0.6 is 24.0 Å². The molecule has 0 aliphatic carbocycles. The molecule has 0 unspecified atom stereocenters. The molecule has 0 atom stereocenters. The summed E-state index contributed by atoms with van der Waals surface area (Å²) >= 11 is 6.68. The van der Waals surface area contributed by atoms with Gasteiger partial charge < -0.3 is 0 Å². The van der Waals surface area contributed by atoms with Crippen molar-refractivity contribution in [2.75, 3.05) is 4.90 Å². The van der Waals surface area contributed by atoms with E-state index in [0.29, 0.717) is 9.23 Å². The topological polar surface area (TPSA) is 46.1 Å². The summed E-state index contributed by atoms with van der Waals surface area (Å²) in [7, 11) is 0. The molecular formula is C18H11N3OS2. The van der Waals surface area contributed by atoms with Gasteiger partial charge in [-0.05, 0) is 35.9 Å². The zero-order chi connectivity index (χ0) is 16.5. The van der Waals surface area contributed by atoms with E-state index in [1.807, 2.05) is 54.6 Å². The Morgan fingerprint density at radius 1 is 1.00 bits per heavy atom. The average molecular weight is 349 g/mol. The number of hydrogen-bond donors (Lipinski definition) is 0. The van der Waals surface area contributed by atoms with Crippen LogP contribution in [0.5, 0.6) is 0 Å². The van der Waals surface area contributed by atoms with Crippen LogP contribution in [0.4, 0.5) is 5.69 Å². The third-order valence-electron chi connectivity index (χ3n) is 3.60. The van der Waals surface area contributed by atoms with Gasteiger partial charge in [0.25, 0.3) is 5.91 Å². The van der Waals surface area contributed by atoms with Gasteiger partial charge in [0.15, 0.2) is 4.32 Å². The van der Waals surface area contributed by atoms with E-state index in [4.69, 9.17) is 12.2 Å². The van der Waals surface area contributed by atoms with Gasteiger partial charge in [-0.15, -0.1) is 0 Å². The van der Waals surface area contributed by atoms with Crippen molar-refractivity contribution in [2.45, 2.75) is 0 Å². The molecule has 2 heterocycles. The van der Waals surface area contributed by atoms with Crippen LogP contribution in [0.2, 0.25) is 0 Å². The lowest BCUT2D eigenvalue weighted by Gasteiger charge is -2.13. The number of aromatic nitrogens is 2. The number of hydrogen-bond acceptors (Lipinski definition) is 5. The molecule has 1 saturated heterocycles. The molecule has 3 aromatic rings. The smallest absolute Gasteiger partial charge is 0.268 e. The highest BCUT2D eigenvalue weighted by atomic mass is 32.2. The molecule has 0 N–H and O–H groups in total. The first-order valence-corrected chi connectivity index (χ1v) is 8.49. The molecule has 0 saturated carbocycles. The second-order valence-corrected chi connectivity index (χ2v) is 6.83. The predicted molar refractivity (Wildman–Crippen MR) is 102 cm³/mol. The molecule has 1 fully saturated rings. The molecule has 24 heavy (non-hydrogen) atoms. The maximum atomic E-state index is 12.7. The van der Waals surface area contributed by atoms with Gasteiger partial charge in [0, 0.05) is 12.4 Å². The first kappa shape index (κ1) is 15.0. The van der Waals surface area contributed by atoms with Crippen LogP contribution in [-0.2, 0) is 4.79 Å². The number of rotatable bonds is 2. The number of fused-ring (bicyclic) bond motifs is 1. The molecule has 1 amide bonds. The predicted octanol–water partition coefficient (Wildman–Crippen LogP) is 4.04. The molecule has 1 aliphatic heterocycles. The first-order valence-electron chi connectivity index (χ1n) is 7.26. The Balaban J connectivity index is 1.70. The Morgan fingerprint density at radius 2 is 1.75 bits per heavy atom. The minimum absolute atomic E-state index is 0.101. The van der Waals surface area contributed by atoms with Crippen LogP contribution in [0.25, 0.3) is 17.1 Å². The number of para-hydroxylation sites is 1. The molecule has 4 nitrogen and oxygen atoms in total. The number of carbonyl (C=O) groups excluding carboxylic acids is 1. The Hall–Kier alpha value is -2.57. The highest BCUT2D eigenvalue weighted by Crippen LogP contribution is 2.35. The van der Waals surface area contributed by atoms with Crippen molar-refractivity contribution in [1.82, 2.24) is 9.97 Å². The fourth-order valence-electron chi connectivity index (χ4n) is 2.49. The van der Waals surface area contributed by atoms with Crippen LogP contribution in [0.15, 0.2) is 65.8 Å². The summed E-state index contributed by atoms with van der Waals surface area (Å²) in [5.41, 5.74) is 3.31. The Bertz CT molecular complexity index is 986. The van der Waals surface area contributed by atoms with Crippen molar-refractivity contribution >= 4 is 57.0 Å². The van der Waals surface area contributed by atoms with E-state index in [9.17, 15) is 4.79 Å². The summed E-state index contributed by atoms with van der Waals surface area (Å²) < 4.78 is 0.540. The van der Waals surface area contributed by atoms with E-state index < -0.39 is 0 Å². The van der Waals surface area contributed by atoms with Gasteiger partial charge in [0.1, 0.15) is 0 Å². The first-order chi connectivity index (χ1) is 11.7. The van der Waals surface area contributed by atoms with Crippen LogP contribution in [-0.4, -0.2) is 20.2 Å². The van der Waals surface area contributed by atoms with Gasteiger partial charge in [0.2, 0.25) is 0 Å². The SMILES string of the molecule is O=C1C(=Cc2ccc3nccnc3c2)SC(=S)N1c1ccccc1. The lowest BCUT2D eigenvalue weighted by Crippen LogP contribution is -2.27. The fourth-order valence-corrected chi connectivity index (χ4v) is 3.79.